The van der Waals surface area contributed by atoms with Gasteiger partial charge >= 0.3 is 11.9 Å². The third-order valence-electron chi connectivity index (χ3n) is 11.8. The Morgan fingerprint density at radius 1 is 0.540 bits per heavy atom. The number of aliphatic hydroxyl groups excluding tert-OH is 7. The average molecular weight is 903 g/mol. The normalized spacial score (nSPS) is 27.0. The van der Waals surface area contributed by atoms with E-state index >= 15 is 0 Å². The first-order chi connectivity index (χ1) is 30.5. The fourth-order valence-electron chi connectivity index (χ4n) is 7.71. The summed E-state index contributed by atoms with van der Waals surface area (Å²) in [6.07, 6.45) is 18.5. The summed E-state index contributed by atoms with van der Waals surface area (Å²) in [7, 11) is 0. The van der Waals surface area contributed by atoms with Gasteiger partial charge in [-0.05, 0) is 19.3 Å². The van der Waals surface area contributed by atoms with Gasteiger partial charge in [0.15, 0.2) is 18.7 Å². The molecule has 15 nitrogen and oxygen atoms in total. The molecule has 7 N–H and O–H groups in total. The Bertz CT molecular complexity index is 1200. The minimum Gasteiger partial charge on any atom is -0.462 e. The van der Waals surface area contributed by atoms with Gasteiger partial charge in [-0.3, -0.25) is 4.79 Å². The fraction of sp³-hybridized carbons (Fsp3) is 0.875. The van der Waals surface area contributed by atoms with Crippen molar-refractivity contribution in [1.29, 1.82) is 0 Å². The van der Waals surface area contributed by atoms with Crippen molar-refractivity contribution in [3.05, 3.63) is 24.3 Å². The second kappa shape index (κ2) is 36.1. The number of hydrogen-bond donors (Lipinski definition) is 7. The summed E-state index contributed by atoms with van der Waals surface area (Å²) < 4.78 is 33.3. The fourth-order valence-corrected chi connectivity index (χ4v) is 7.71. The van der Waals surface area contributed by atoms with E-state index in [1.54, 1.807) is 12.2 Å². The van der Waals surface area contributed by atoms with Crippen molar-refractivity contribution >= 4 is 11.9 Å². The van der Waals surface area contributed by atoms with Crippen LogP contribution in [-0.2, 0) is 38.0 Å². The summed E-state index contributed by atoms with van der Waals surface area (Å²) in [6, 6.07) is 0. The molecule has 2 saturated heterocycles. The van der Waals surface area contributed by atoms with Crippen LogP contribution >= 0.6 is 0 Å². The Balaban J connectivity index is 1.87. The van der Waals surface area contributed by atoms with Gasteiger partial charge in [-0.25, -0.2) is 4.79 Å². The molecule has 0 saturated carbocycles. The van der Waals surface area contributed by atoms with Gasteiger partial charge in [0.25, 0.3) is 0 Å². The quantitative estimate of drug-likeness (QED) is 0.0164. The third-order valence-corrected chi connectivity index (χ3v) is 11.8. The van der Waals surface area contributed by atoms with Crippen molar-refractivity contribution in [2.75, 3.05) is 26.4 Å². The Morgan fingerprint density at radius 2 is 1.00 bits per heavy atom. The van der Waals surface area contributed by atoms with Crippen LogP contribution in [0.4, 0.5) is 0 Å². The van der Waals surface area contributed by atoms with Gasteiger partial charge in [-0.1, -0.05) is 167 Å². The molecule has 2 aliphatic rings. The molecule has 0 aromatic heterocycles. The molecule has 2 heterocycles. The lowest BCUT2D eigenvalue weighted by Crippen LogP contribution is -2.61. The summed E-state index contributed by atoms with van der Waals surface area (Å²) in [6.45, 7) is 2.47. The first-order valence-electron chi connectivity index (χ1n) is 24.5. The molecular formula is C48H86O15. The van der Waals surface area contributed by atoms with Gasteiger partial charge in [0.2, 0.25) is 0 Å². The molecule has 15 heteroatoms. The molecule has 2 aliphatic heterocycles. The maximum absolute atomic E-state index is 12.9. The zero-order valence-corrected chi connectivity index (χ0v) is 38.6. The summed E-state index contributed by atoms with van der Waals surface area (Å²) in [5.41, 5.74) is 0. The molecule has 0 radical (unpaired) electrons. The smallest absolute Gasteiger partial charge is 0.331 e. The number of rotatable bonds is 37. The zero-order chi connectivity index (χ0) is 46.1. The molecule has 0 spiro atoms. The summed E-state index contributed by atoms with van der Waals surface area (Å²) >= 11 is 0. The lowest BCUT2D eigenvalue weighted by atomic mass is 9.98. The molecular weight excluding hydrogens is 817 g/mol. The lowest BCUT2D eigenvalue weighted by Gasteiger charge is -2.42. The predicted octanol–water partition coefficient (Wildman–Crippen LogP) is 5.99. The van der Waals surface area contributed by atoms with E-state index in [0.29, 0.717) is 6.42 Å². The maximum Gasteiger partial charge on any atom is 0.331 e. The molecule has 368 valence electrons. The Kier molecular flexibility index (Phi) is 32.8. The number of carbonyl (C=O) groups is 2. The van der Waals surface area contributed by atoms with Crippen molar-refractivity contribution in [2.45, 2.75) is 242 Å². The number of hydrogen-bond acceptors (Lipinski definition) is 15. The van der Waals surface area contributed by atoms with E-state index in [1.807, 2.05) is 6.08 Å². The Labute approximate surface area is 377 Å². The second-order valence-electron chi connectivity index (χ2n) is 17.4. The van der Waals surface area contributed by atoms with E-state index in [0.717, 1.165) is 38.5 Å². The van der Waals surface area contributed by atoms with Crippen LogP contribution in [0.15, 0.2) is 24.3 Å². The third kappa shape index (κ3) is 24.9. The number of aliphatic hydroxyl groups is 7. The molecule has 4 unspecified atom stereocenters. The number of allylic oxidation sites excluding steroid dienone is 3. The first kappa shape index (κ1) is 57.1. The van der Waals surface area contributed by atoms with Crippen LogP contribution in [-0.4, -0.2) is 142 Å². The minimum absolute atomic E-state index is 0.202. The van der Waals surface area contributed by atoms with Crippen LogP contribution in [0.25, 0.3) is 0 Å². The molecule has 11 atom stereocenters. The topological polar surface area (TPSA) is 231 Å². The SMILES string of the molecule is CCCCCCCCCCCCC/C=C/C=C/C(=O)O[C@H](COC(=O)CCCCCCCCCCCCCC)CO[C@@H]1O[C@H](CO[C@@H]2O[C@H](CO)[C@H](O)C(O)C2O)[C@H](O)C(O)C1O. The highest BCUT2D eigenvalue weighted by Gasteiger charge is 2.47. The first-order valence-corrected chi connectivity index (χ1v) is 24.5. The van der Waals surface area contributed by atoms with Crippen LogP contribution in [0.5, 0.6) is 0 Å². The van der Waals surface area contributed by atoms with E-state index in [4.69, 9.17) is 28.4 Å². The molecule has 2 fully saturated rings. The van der Waals surface area contributed by atoms with E-state index < -0.39 is 99.3 Å². The molecule has 0 aromatic rings. The number of esters is 2. The average Bonchev–Trinajstić information content (AvgIpc) is 3.28. The van der Waals surface area contributed by atoms with Crippen molar-refractivity contribution in [1.82, 2.24) is 0 Å². The van der Waals surface area contributed by atoms with Crippen LogP contribution in [0.3, 0.4) is 0 Å². The van der Waals surface area contributed by atoms with Crippen LogP contribution in [0.2, 0.25) is 0 Å². The number of unbranched alkanes of at least 4 members (excludes halogenated alkanes) is 22. The largest absolute Gasteiger partial charge is 0.462 e. The zero-order valence-electron chi connectivity index (χ0n) is 38.6. The van der Waals surface area contributed by atoms with Crippen molar-refractivity contribution in [2.24, 2.45) is 0 Å². The van der Waals surface area contributed by atoms with Crippen molar-refractivity contribution in [3.8, 4) is 0 Å². The molecule has 0 bridgehead atoms. The molecule has 0 aromatic carbocycles. The van der Waals surface area contributed by atoms with Gasteiger partial charge in [-0.2, -0.15) is 0 Å². The van der Waals surface area contributed by atoms with E-state index in [2.05, 4.69) is 13.8 Å². The highest BCUT2D eigenvalue weighted by Crippen LogP contribution is 2.26. The van der Waals surface area contributed by atoms with Crippen molar-refractivity contribution in [3.63, 3.8) is 0 Å². The van der Waals surface area contributed by atoms with Crippen molar-refractivity contribution < 1.29 is 73.8 Å². The minimum atomic E-state index is -1.78. The van der Waals surface area contributed by atoms with Crippen LogP contribution in [0, 0.1) is 0 Å². The van der Waals surface area contributed by atoms with Gasteiger partial charge in [0, 0.05) is 12.5 Å². The summed E-state index contributed by atoms with van der Waals surface area (Å²) in [4.78, 5) is 25.5. The molecule has 0 aliphatic carbocycles. The maximum atomic E-state index is 12.9. The van der Waals surface area contributed by atoms with E-state index in [9.17, 15) is 45.3 Å². The molecule has 2 rings (SSSR count). The van der Waals surface area contributed by atoms with E-state index in [-0.39, 0.29) is 13.0 Å². The monoisotopic (exact) mass is 903 g/mol. The highest BCUT2D eigenvalue weighted by molar-refractivity contribution is 5.82. The van der Waals surface area contributed by atoms with Gasteiger partial charge in [-0.15, -0.1) is 0 Å². The van der Waals surface area contributed by atoms with Crippen LogP contribution in [0.1, 0.15) is 174 Å². The predicted molar refractivity (Wildman–Crippen MR) is 238 cm³/mol. The number of carbonyl (C=O) groups excluding carboxylic acids is 2. The summed E-state index contributed by atoms with van der Waals surface area (Å²) in [5, 5.41) is 71.9. The molecule has 0 amide bonds. The lowest BCUT2D eigenvalue weighted by molar-refractivity contribution is -0.332. The molecule has 63 heavy (non-hydrogen) atoms. The Hall–Kier alpha value is -2.02. The van der Waals surface area contributed by atoms with E-state index in [1.165, 1.54) is 115 Å². The van der Waals surface area contributed by atoms with Gasteiger partial charge in [0.05, 0.1) is 19.8 Å². The standard InChI is InChI=1S/C48H86O15/c1-3-5-7-9-11-13-15-17-18-19-21-23-25-27-29-31-40(51)61-36(33-58-39(50)30-28-26-24-22-20-16-14-12-10-8-6-4-2)34-59-47-46(57)44(55)42(53)38(63-47)35-60-48-45(56)43(54)41(52)37(32-49)62-48/h25,27,29,31,36-38,41-49,52-57H,3-24,26,28,30,32-35H2,1-2H3/b27-25+,31-29+/t36-,37-,38-,41+,42+,43?,44?,45?,46?,47-,48-/m1/s1. The highest BCUT2D eigenvalue weighted by atomic mass is 16.7. The summed E-state index contributed by atoms with van der Waals surface area (Å²) in [5.74, 6) is -1.17. The van der Waals surface area contributed by atoms with Gasteiger partial charge < -0.3 is 64.2 Å². The van der Waals surface area contributed by atoms with Gasteiger partial charge in [0.1, 0.15) is 55.4 Å². The number of ether oxygens (including phenoxy) is 6. The van der Waals surface area contributed by atoms with Crippen LogP contribution < -0.4 is 0 Å². The second-order valence-corrected chi connectivity index (χ2v) is 17.4. The Morgan fingerprint density at radius 3 is 1.52 bits per heavy atom.